The second-order valence-corrected chi connectivity index (χ2v) is 2.73. The lowest BCUT2D eigenvalue weighted by Gasteiger charge is -2.01. The van der Waals surface area contributed by atoms with E-state index >= 15 is 0 Å². The quantitative estimate of drug-likeness (QED) is 0.719. The van der Waals surface area contributed by atoms with Gasteiger partial charge in [-0.1, -0.05) is 17.8 Å². The summed E-state index contributed by atoms with van der Waals surface area (Å²) in [5.74, 6) is -1.50. The smallest absolute Gasteiger partial charge is 0.407 e. The molecule has 0 aliphatic carbocycles. The van der Waals surface area contributed by atoms with E-state index in [0.717, 1.165) is 0 Å². The van der Waals surface area contributed by atoms with Crippen LogP contribution in [0.4, 0.5) is 4.79 Å². The number of hydrogen-bond acceptors (Lipinski definition) is 5. The van der Waals surface area contributed by atoms with Gasteiger partial charge in [-0.15, -0.1) is 0 Å². The molecule has 0 saturated carbocycles. The maximum absolute atomic E-state index is 11.0. The molecule has 1 amide bonds. The van der Waals surface area contributed by atoms with Crippen LogP contribution in [-0.4, -0.2) is 28.9 Å². The van der Waals surface area contributed by atoms with E-state index in [2.05, 4.69) is 26.3 Å². The van der Waals surface area contributed by atoms with Crippen molar-refractivity contribution < 1.29 is 24.0 Å². The van der Waals surface area contributed by atoms with E-state index in [9.17, 15) is 9.59 Å². The molecule has 0 radical (unpaired) electrons. The number of aromatic nitrogens is 1. The lowest BCUT2D eigenvalue weighted by Crippen LogP contribution is -2.23. The van der Waals surface area contributed by atoms with Crippen LogP contribution in [0.15, 0.2) is 23.2 Å². The van der Waals surface area contributed by atoms with Gasteiger partial charge in [-0.25, -0.2) is 9.59 Å². The van der Waals surface area contributed by atoms with Gasteiger partial charge >= 0.3 is 12.1 Å². The van der Waals surface area contributed by atoms with Gasteiger partial charge in [0.1, 0.15) is 12.3 Å². The Morgan fingerprint density at radius 1 is 1.69 bits per heavy atom. The topological polar surface area (TPSA) is 102 Å². The molecule has 7 heteroatoms. The normalized spacial score (nSPS) is 9.50. The van der Waals surface area contributed by atoms with Crippen molar-refractivity contribution in [2.45, 2.75) is 6.54 Å². The zero-order valence-corrected chi connectivity index (χ0v) is 8.30. The highest BCUT2D eigenvalue weighted by molar-refractivity contribution is 5.84. The number of carbonyl (C=O) groups is 2. The number of ether oxygens (including phenoxy) is 1. The van der Waals surface area contributed by atoms with E-state index in [4.69, 9.17) is 5.11 Å². The molecule has 0 spiro atoms. The van der Waals surface area contributed by atoms with Gasteiger partial charge in [0, 0.05) is 6.07 Å². The standard InChI is InChI=1S/C9H10N2O5/c1-2-3-15-9(14)10-5-6-4-7(8(12)13)16-11-6/h2,4H,1,3,5H2,(H,10,14)(H,12,13). The van der Waals surface area contributed by atoms with Crippen LogP contribution >= 0.6 is 0 Å². The van der Waals surface area contributed by atoms with Gasteiger partial charge in [0.15, 0.2) is 0 Å². The van der Waals surface area contributed by atoms with E-state index in [1.54, 1.807) is 0 Å². The molecule has 1 rings (SSSR count). The first kappa shape index (κ1) is 11.8. The Morgan fingerprint density at radius 3 is 3.00 bits per heavy atom. The first-order valence-corrected chi connectivity index (χ1v) is 4.34. The minimum absolute atomic E-state index is 0.0345. The molecule has 1 aromatic rings. The fourth-order valence-corrected chi connectivity index (χ4v) is 0.844. The Hall–Kier alpha value is -2.31. The van der Waals surface area contributed by atoms with E-state index in [-0.39, 0.29) is 18.9 Å². The molecule has 0 aliphatic heterocycles. The van der Waals surface area contributed by atoms with Crippen LogP contribution < -0.4 is 5.32 Å². The number of amides is 1. The third-order valence-corrected chi connectivity index (χ3v) is 1.52. The summed E-state index contributed by atoms with van der Waals surface area (Å²) >= 11 is 0. The number of carboxylic acid groups (broad SMARTS) is 1. The summed E-state index contributed by atoms with van der Waals surface area (Å²) < 4.78 is 9.11. The zero-order valence-electron chi connectivity index (χ0n) is 8.30. The third kappa shape index (κ3) is 3.45. The molecule has 0 aromatic carbocycles. The number of carboxylic acids is 1. The third-order valence-electron chi connectivity index (χ3n) is 1.52. The second-order valence-electron chi connectivity index (χ2n) is 2.73. The van der Waals surface area contributed by atoms with Gasteiger partial charge < -0.3 is 19.7 Å². The number of rotatable bonds is 5. The minimum Gasteiger partial charge on any atom is -0.475 e. The van der Waals surface area contributed by atoms with Crippen molar-refractivity contribution in [2.24, 2.45) is 0 Å². The van der Waals surface area contributed by atoms with Gasteiger partial charge in [0.05, 0.1) is 6.54 Å². The highest BCUT2D eigenvalue weighted by Crippen LogP contribution is 2.02. The summed E-state index contributed by atoms with van der Waals surface area (Å²) in [6, 6.07) is 1.22. The minimum atomic E-state index is -1.21. The predicted molar refractivity (Wildman–Crippen MR) is 51.8 cm³/mol. The fourth-order valence-electron chi connectivity index (χ4n) is 0.844. The van der Waals surface area contributed by atoms with Gasteiger partial charge in [-0.2, -0.15) is 0 Å². The summed E-state index contributed by atoms with van der Waals surface area (Å²) in [5, 5.41) is 14.3. The first-order chi connectivity index (χ1) is 7.63. The number of aromatic carboxylic acids is 1. The first-order valence-electron chi connectivity index (χ1n) is 4.34. The van der Waals surface area contributed by atoms with Crippen molar-refractivity contribution in [1.82, 2.24) is 10.5 Å². The average molecular weight is 226 g/mol. The van der Waals surface area contributed by atoms with Gasteiger partial charge in [0.2, 0.25) is 5.76 Å². The SMILES string of the molecule is C=CCOC(=O)NCc1cc(C(=O)O)on1. The molecule has 0 saturated heterocycles. The molecule has 86 valence electrons. The number of carbonyl (C=O) groups excluding carboxylic acids is 1. The van der Waals surface area contributed by atoms with E-state index in [1.165, 1.54) is 12.1 Å². The molecule has 0 atom stereocenters. The number of alkyl carbamates (subject to hydrolysis) is 1. The molecule has 16 heavy (non-hydrogen) atoms. The van der Waals surface area contributed by atoms with Crippen molar-refractivity contribution in [3.8, 4) is 0 Å². The molecule has 2 N–H and O–H groups in total. The Bertz CT molecular complexity index is 398. The molecule has 1 heterocycles. The molecular formula is C9H10N2O5. The van der Waals surface area contributed by atoms with Crippen LogP contribution in [0.1, 0.15) is 16.2 Å². The summed E-state index contributed by atoms with van der Waals surface area (Å²) in [6.45, 7) is 3.51. The number of nitrogens with one attached hydrogen (secondary N) is 1. The number of hydrogen-bond donors (Lipinski definition) is 2. The van der Waals surface area contributed by atoms with Crippen LogP contribution in [0, 0.1) is 0 Å². The molecule has 0 fully saturated rings. The van der Waals surface area contributed by atoms with Crippen molar-refractivity contribution in [3.63, 3.8) is 0 Å². The maximum atomic E-state index is 11.0. The predicted octanol–water partition coefficient (Wildman–Crippen LogP) is 0.785. The molecule has 1 aromatic heterocycles. The van der Waals surface area contributed by atoms with Crippen LogP contribution in [0.5, 0.6) is 0 Å². The molecular weight excluding hydrogens is 216 g/mol. The summed E-state index contributed by atoms with van der Waals surface area (Å²) in [6.07, 6.45) is 0.790. The van der Waals surface area contributed by atoms with Crippen LogP contribution in [0.25, 0.3) is 0 Å². The van der Waals surface area contributed by atoms with Crippen LogP contribution in [-0.2, 0) is 11.3 Å². The summed E-state index contributed by atoms with van der Waals surface area (Å²) in [7, 11) is 0. The van der Waals surface area contributed by atoms with Crippen molar-refractivity contribution in [1.29, 1.82) is 0 Å². The van der Waals surface area contributed by atoms with E-state index in [1.807, 2.05) is 0 Å². The average Bonchev–Trinajstić information content (AvgIpc) is 2.72. The highest BCUT2D eigenvalue weighted by Gasteiger charge is 2.11. The Kier molecular flexibility index (Phi) is 4.07. The molecule has 7 nitrogen and oxygen atoms in total. The molecule has 0 unspecified atom stereocenters. The summed E-state index contributed by atoms with van der Waals surface area (Å²) in [4.78, 5) is 21.4. The Balaban J connectivity index is 2.39. The zero-order chi connectivity index (χ0) is 12.0. The van der Waals surface area contributed by atoms with E-state index in [0.29, 0.717) is 5.69 Å². The van der Waals surface area contributed by atoms with Crippen molar-refractivity contribution >= 4 is 12.1 Å². The van der Waals surface area contributed by atoms with Crippen LogP contribution in [0.3, 0.4) is 0 Å². The van der Waals surface area contributed by atoms with Crippen LogP contribution in [0.2, 0.25) is 0 Å². The lowest BCUT2D eigenvalue weighted by atomic mass is 10.3. The number of nitrogens with zero attached hydrogens (tertiary/aromatic N) is 1. The Morgan fingerprint density at radius 2 is 2.44 bits per heavy atom. The maximum Gasteiger partial charge on any atom is 0.407 e. The fraction of sp³-hybridized carbons (Fsp3) is 0.222. The van der Waals surface area contributed by atoms with E-state index < -0.39 is 12.1 Å². The molecule has 0 bridgehead atoms. The second kappa shape index (κ2) is 5.54. The summed E-state index contributed by atoms with van der Waals surface area (Å²) in [5.41, 5.74) is 0.299. The molecule has 0 aliphatic rings. The highest BCUT2D eigenvalue weighted by atomic mass is 16.5. The van der Waals surface area contributed by atoms with Gasteiger partial charge in [-0.05, 0) is 0 Å². The van der Waals surface area contributed by atoms with Crippen molar-refractivity contribution in [2.75, 3.05) is 6.61 Å². The van der Waals surface area contributed by atoms with Crippen molar-refractivity contribution in [3.05, 3.63) is 30.2 Å². The monoisotopic (exact) mass is 226 g/mol. The van der Waals surface area contributed by atoms with Gasteiger partial charge in [0.25, 0.3) is 0 Å². The largest absolute Gasteiger partial charge is 0.475 e. The lowest BCUT2D eigenvalue weighted by molar-refractivity contribution is 0.0651. The Labute approximate surface area is 90.7 Å². The van der Waals surface area contributed by atoms with Gasteiger partial charge in [-0.3, -0.25) is 0 Å².